The predicted molar refractivity (Wildman–Crippen MR) is 56.1 cm³/mol. The number of hydrogen-bond donors (Lipinski definition) is 2. The van der Waals surface area contributed by atoms with Crippen LogP contribution in [0.1, 0.15) is 10.6 Å². The van der Waals surface area contributed by atoms with E-state index in [1.54, 1.807) is 0 Å². The van der Waals surface area contributed by atoms with Crippen molar-refractivity contribution in [3.05, 3.63) is 24.0 Å². The molecule has 0 bridgehead atoms. The fraction of sp³-hybridized carbons (Fsp3) is 0. The van der Waals surface area contributed by atoms with Crippen molar-refractivity contribution in [2.24, 2.45) is 0 Å². The maximum Gasteiger partial charge on any atom is 0.371 e. The minimum Gasteiger partial charge on any atom is -0.475 e. The van der Waals surface area contributed by atoms with Crippen molar-refractivity contribution in [1.82, 2.24) is 9.97 Å². The van der Waals surface area contributed by atoms with E-state index in [1.165, 1.54) is 18.2 Å². The lowest BCUT2D eigenvalue weighted by molar-refractivity contribution is 0.0685. The summed E-state index contributed by atoms with van der Waals surface area (Å²) in [6, 6.07) is 4.22. The standard InChI is InChI=1S/C8H5ClN2O4S/c9-16(14,15)5-3-1-2-4-6(5)11-7(10-4)8(12)13/h1-3H,(H,10,11)(H,12,13). The molecule has 0 spiro atoms. The Balaban J connectivity index is 2.83. The third kappa shape index (κ3) is 1.74. The number of halogens is 1. The Morgan fingerprint density at radius 3 is 2.69 bits per heavy atom. The molecule has 0 saturated carbocycles. The molecule has 0 saturated heterocycles. The molecule has 2 N–H and O–H groups in total. The Labute approximate surface area is 94.3 Å². The topological polar surface area (TPSA) is 100 Å². The average Bonchev–Trinajstić information content (AvgIpc) is 2.58. The second-order valence-electron chi connectivity index (χ2n) is 2.98. The van der Waals surface area contributed by atoms with E-state index >= 15 is 0 Å². The van der Waals surface area contributed by atoms with Gasteiger partial charge >= 0.3 is 5.97 Å². The number of benzene rings is 1. The summed E-state index contributed by atoms with van der Waals surface area (Å²) in [7, 11) is 1.25. The summed E-state index contributed by atoms with van der Waals surface area (Å²) in [5.41, 5.74) is 0.328. The normalized spacial score (nSPS) is 11.8. The molecule has 0 atom stereocenters. The van der Waals surface area contributed by atoms with Gasteiger partial charge in [-0.3, -0.25) is 0 Å². The molecule has 0 amide bonds. The summed E-state index contributed by atoms with van der Waals surface area (Å²) in [4.78, 5) is 16.6. The van der Waals surface area contributed by atoms with Crippen molar-refractivity contribution in [3.8, 4) is 0 Å². The number of carboxylic acid groups (broad SMARTS) is 1. The predicted octanol–water partition coefficient (Wildman–Crippen LogP) is 1.19. The average molecular weight is 261 g/mol. The van der Waals surface area contributed by atoms with Crippen LogP contribution in [0.3, 0.4) is 0 Å². The van der Waals surface area contributed by atoms with Gasteiger partial charge in [0.05, 0.1) is 5.52 Å². The number of rotatable bonds is 2. The van der Waals surface area contributed by atoms with Gasteiger partial charge in [0.2, 0.25) is 5.82 Å². The fourth-order valence-corrected chi connectivity index (χ4v) is 2.31. The first-order valence-corrected chi connectivity index (χ1v) is 6.37. The van der Waals surface area contributed by atoms with Crippen LogP contribution in [-0.4, -0.2) is 29.5 Å². The van der Waals surface area contributed by atoms with Gasteiger partial charge in [-0.25, -0.2) is 18.2 Å². The summed E-state index contributed by atoms with van der Waals surface area (Å²) >= 11 is 0. The Morgan fingerprint density at radius 1 is 1.44 bits per heavy atom. The number of para-hydroxylation sites is 1. The van der Waals surface area contributed by atoms with E-state index in [0.29, 0.717) is 5.52 Å². The highest BCUT2D eigenvalue weighted by Crippen LogP contribution is 2.23. The van der Waals surface area contributed by atoms with Gasteiger partial charge in [0.1, 0.15) is 10.4 Å². The quantitative estimate of drug-likeness (QED) is 0.790. The van der Waals surface area contributed by atoms with E-state index in [9.17, 15) is 13.2 Å². The van der Waals surface area contributed by atoms with Gasteiger partial charge in [-0.2, -0.15) is 0 Å². The molecule has 1 aromatic heterocycles. The lowest BCUT2D eigenvalue weighted by Crippen LogP contribution is -1.98. The van der Waals surface area contributed by atoms with Crippen molar-refractivity contribution in [3.63, 3.8) is 0 Å². The van der Waals surface area contributed by atoms with Crippen LogP contribution >= 0.6 is 10.7 Å². The van der Waals surface area contributed by atoms with Crippen molar-refractivity contribution in [1.29, 1.82) is 0 Å². The van der Waals surface area contributed by atoms with E-state index in [2.05, 4.69) is 9.97 Å². The van der Waals surface area contributed by atoms with Crippen molar-refractivity contribution >= 4 is 36.7 Å². The number of carbonyl (C=O) groups is 1. The number of hydrogen-bond acceptors (Lipinski definition) is 4. The lowest BCUT2D eigenvalue weighted by atomic mass is 10.3. The molecule has 0 aliphatic rings. The number of fused-ring (bicyclic) bond motifs is 1. The van der Waals surface area contributed by atoms with E-state index in [-0.39, 0.29) is 16.2 Å². The molecule has 0 aliphatic carbocycles. The molecule has 0 unspecified atom stereocenters. The maximum atomic E-state index is 11.2. The van der Waals surface area contributed by atoms with Crippen LogP contribution in [0.4, 0.5) is 0 Å². The molecule has 1 aromatic carbocycles. The first-order valence-electron chi connectivity index (χ1n) is 4.06. The van der Waals surface area contributed by atoms with E-state index in [1.807, 2.05) is 0 Å². The van der Waals surface area contributed by atoms with Crippen LogP contribution < -0.4 is 0 Å². The second-order valence-corrected chi connectivity index (χ2v) is 5.52. The molecular formula is C8H5ClN2O4S. The summed E-state index contributed by atoms with van der Waals surface area (Å²) in [5, 5.41) is 8.70. The Kier molecular flexibility index (Phi) is 2.36. The van der Waals surface area contributed by atoms with Crippen LogP contribution in [0.15, 0.2) is 23.1 Å². The molecule has 0 fully saturated rings. The summed E-state index contributed by atoms with van der Waals surface area (Å²) in [6.45, 7) is 0. The zero-order valence-corrected chi connectivity index (χ0v) is 9.21. The summed E-state index contributed by atoms with van der Waals surface area (Å²) in [6.07, 6.45) is 0. The fourth-order valence-electron chi connectivity index (χ4n) is 1.30. The highest BCUT2D eigenvalue weighted by Gasteiger charge is 2.18. The minimum atomic E-state index is -3.94. The van der Waals surface area contributed by atoms with Crippen molar-refractivity contribution in [2.75, 3.05) is 0 Å². The number of imidazole rings is 1. The minimum absolute atomic E-state index is 0.0231. The smallest absolute Gasteiger partial charge is 0.371 e. The van der Waals surface area contributed by atoms with Gasteiger partial charge in [0.25, 0.3) is 9.05 Å². The van der Waals surface area contributed by atoms with Gasteiger partial charge < -0.3 is 10.1 Å². The molecule has 84 valence electrons. The van der Waals surface area contributed by atoms with Gasteiger partial charge in [-0.1, -0.05) is 6.07 Å². The van der Waals surface area contributed by atoms with E-state index in [0.717, 1.165) is 0 Å². The molecule has 0 radical (unpaired) electrons. The van der Waals surface area contributed by atoms with Gasteiger partial charge in [-0.15, -0.1) is 0 Å². The second kappa shape index (κ2) is 3.46. The van der Waals surface area contributed by atoms with Crippen LogP contribution in [-0.2, 0) is 9.05 Å². The largest absolute Gasteiger partial charge is 0.475 e. The number of nitrogens with one attached hydrogen (secondary N) is 1. The van der Waals surface area contributed by atoms with Crippen LogP contribution in [0.2, 0.25) is 0 Å². The molecule has 6 nitrogen and oxygen atoms in total. The Morgan fingerprint density at radius 2 is 2.12 bits per heavy atom. The van der Waals surface area contributed by atoms with E-state index < -0.39 is 15.0 Å². The monoisotopic (exact) mass is 260 g/mol. The molecule has 1 heterocycles. The highest BCUT2D eigenvalue weighted by atomic mass is 35.7. The molecule has 2 rings (SSSR count). The first-order chi connectivity index (χ1) is 7.39. The van der Waals surface area contributed by atoms with E-state index in [4.69, 9.17) is 15.8 Å². The van der Waals surface area contributed by atoms with Gasteiger partial charge in [-0.05, 0) is 12.1 Å². The van der Waals surface area contributed by atoms with Gasteiger partial charge in [0, 0.05) is 10.7 Å². The van der Waals surface area contributed by atoms with Crippen molar-refractivity contribution < 1.29 is 18.3 Å². The van der Waals surface area contributed by atoms with Crippen LogP contribution in [0, 0.1) is 0 Å². The van der Waals surface area contributed by atoms with Crippen LogP contribution in [0.25, 0.3) is 11.0 Å². The number of aromatic carboxylic acids is 1. The molecular weight excluding hydrogens is 256 g/mol. The highest BCUT2D eigenvalue weighted by molar-refractivity contribution is 8.14. The number of aromatic nitrogens is 2. The first kappa shape index (κ1) is 10.9. The third-order valence-electron chi connectivity index (χ3n) is 1.94. The molecule has 0 aliphatic heterocycles. The molecule has 16 heavy (non-hydrogen) atoms. The number of nitrogens with zero attached hydrogens (tertiary/aromatic N) is 1. The molecule has 2 aromatic rings. The lowest BCUT2D eigenvalue weighted by Gasteiger charge is -1.95. The number of aromatic amines is 1. The number of carboxylic acids is 1. The van der Waals surface area contributed by atoms with Crippen molar-refractivity contribution in [2.45, 2.75) is 4.90 Å². The number of H-pyrrole nitrogens is 1. The van der Waals surface area contributed by atoms with Crippen LogP contribution in [0.5, 0.6) is 0 Å². The zero-order valence-electron chi connectivity index (χ0n) is 7.64. The SMILES string of the molecule is O=C(O)c1nc2c(S(=O)(=O)Cl)cccc2[nH]1. The Bertz CT molecular complexity index is 676. The summed E-state index contributed by atoms with van der Waals surface area (Å²) < 4.78 is 22.4. The summed E-state index contributed by atoms with van der Waals surface area (Å²) in [5.74, 6) is -1.60. The Hall–Kier alpha value is -1.60. The maximum absolute atomic E-state index is 11.2. The third-order valence-corrected chi connectivity index (χ3v) is 3.29. The zero-order chi connectivity index (χ0) is 11.9. The molecule has 8 heteroatoms. The van der Waals surface area contributed by atoms with Gasteiger partial charge in [0.15, 0.2) is 0 Å².